The number of rotatable bonds is 3. The van der Waals surface area contributed by atoms with Gasteiger partial charge in [-0.3, -0.25) is 4.68 Å². The maximum Gasteiger partial charge on any atom is 0.358 e. The highest BCUT2D eigenvalue weighted by Gasteiger charge is 2.09. The van der Waals surface area contributed by atoms with E-state index >= 15 is 0 Å². The minimum absolute atomic E-state index is 0.105. The summed E-state index contributed by atoms with van der Waals surface area (Å²) < 4.78 is 11.2. The molecule has 2 heterocycles. The molecule has 0 N–H and O–H groups in total. The van der Waals surface area contributed by atoms with Gasteiger partial charge >= 0.3 is 12.0 Å². The van der Waals surface area contributed by atoms with E-state index in [2.05, 4.69) is 24.8 Å². The molecular formula is C9H9N5O3. The first-order valence-corrected chi connectivity index (χ1v) is 4.63. The van der Waals surface area contributed by atoms with Crippen LogP contribution in [0.3, 0.4) is 0 Å². The van der Waals surface area contributed by atoms with Gasteiger partial charge in [0.25, 0.3) is 0 Å². The maximum absolute atomic E-state index is 11.1. The van der Waals surface area contributed by atoms with Crippen molar-refractivity contribution < 1.29 is 14.3 Å². The number of esters is 1. The van der Waals surface area contributed by atoms with Crippen molar-refractivity contribution in [3.63, 3.8) is 0 Å². The predicted molar refractivity (Wildman–Crippen MR) is 54.4 cm³/mol. The number of hydrogen-bond donors (Lipinski definition) is 0. The van der Waals surface area contributed by atoms with Crippen LogP contribution in [0.4, 0.5) is 0 Å². The molecule has 0 aliphatic carbocycles. The number of carbonyl (C=O) groups is 1. The van der Waals surface area contributed by atoms with Gasteiger partial charge in [0.15, 0.2) is 5.69 Å². The monoisotopic (exact) mass is 235 g/mol. The summed E-state index contributed by atoms with van der Waals surface area (Å²) in [5, 5.41) is 3.90. The Hall–Kier alpha value is -2.51. The van der Waals surface area contributed by atoms with E-state index in [1.807, 2.05) is 0 Å². The summed E-state index contributed by atoms with van der Waals surface area (Å²) >= 11 is 0. The van der Waals surface area contributed by atoms with Crippen molar-refractivity contribution in [1.82, 2.24) is 24.7 Å². The quantitative estimate of drug-likeness (QED) is 0.701. The molecule has 88 valence electrons. The maximum atomic E-state index is 11.1. The van der Waals surface area contributed by atoms with Crippen molar-refractivity contribution in [2.75, 3.05) is 7.11 Å². The SMILES string of the molecule is COC(=O)c1cnc(Oc2ncn(C)n2)cn1. The van der Waals surface area contributed by atoms with Crippen LogP contribution in [0.5, 0.6) is 11.9 Å². The number of ether oxygens (including phenoxy) is 2. The summed E-state index contributed by atoms with van der Waals surface area (Å²) in [7, 11) is 2.98. The second-order valence-electron chi connectivity index (χ2n) is 3.03. The third-order valence-corrected chi connectivity index (χ3v) is 1.80. The Kier molecular flexibility index (Phi) is 2.95. The molecule has 0 saturated carbocycles. The van der Waals surface area contributed by atoms with Gasteiger partial charge in [0, 0.05) is 7.05 Å². The van der Waals surface area contributed by atoms with E-state index in [1.165, 1.54) is 30.5 Å². The van der Waals surface area contributed by atoms with Gasteiger partial charge in [0.05, 0.1) is 19.5 Å². The van der Waals surface area contributed by atoms with Gasteiger partial charge in [-0.15, -0.1) is 5.10 Å². The van der Waals surface area contributed by atoms with Crippen LogP contribution in [-0.2, 0) is 11.8 Å². The lowest BCUT2D eigenvalue weighted by molar-refractivity contribution is 0.0593. The minimum Gasteiger partial charge on any atom is -0.464 e. The first-order valence-electron chi connectivity index (χ1n) is 4.63. The van der Waals surface area contributed by atoms with Gasteiger partial charge in [-0.1, -0.05) is 0 Å². The van der Waals surface area contributed by atoms with Crippen molar-refractivity contribution >= 4 is 5.97 Å². The summed E-state index contributed by atoms with van der Waals surface area (Å²) in [5.41, 5.74) is 0.105. The van der Waals surface area contributed by atoms with Crippen LogP contribution in [0.15, 0.2) is 18.7 Å². The number of methoxy groups -OCH3 is 1. The normalized spacial score (nSPS) is 10.0. The van der Waals surface area contributed by atoms with E-state index in [9.17, 15) is 4.79 Å². The van der Waals surface area contributed by atoms with Crippen LogP contribution in [0.2, 0.25) is 0 Å². The van der Waals surface area contributed by atoms with Crippen LogP contribution in [0.25, 0.3) is 0 Å². The topological polar surface area (TPSA) is 92.0 Å². The Balaban J connectivity index is 2.10. The van der Waals surface area contributed by atoms with Crippen molar-refractivity contribution in [3.8, 4) is 11.9 Å². The minimum atomic E-state index is -0.556. The molecule has 0 unspecified atom stereocenters. The van der Waals surface area contributed by atoms with Crippen molar-refractivity contribution in [2.45, 2.75) is 0 Å². The van der Waals surface area contributed by atoms with Gasteiger partial charge < -0.3 is 9.47 Å². The Morgan fingerprint density at radius 2 is 2.12 bits per heavy atom. The zero-order valence-electron chi connectivity index (χ0n) is 9.19. The van der Waals surface area contributed by atoms with Gasteiger partial charge in [-0.05, 0) is 0 Å². The smallest absolute Gasteiger partial charge is 0.358 e. The Bertz CT molecular complexity index is 522. The van der Waals surface area contributed by atoms with Gasteiger partial charge in [0.1, 0.15) is 6.33 Å². The fourth-order valence-corrected chi connectivity index (χ4v) is 1.04. The molecule has 8 nitrogen and oxygen atoms in total. The zero-order valence-corrected chi connectivity index (χ0v) is 9.19. The third kappa shape index (κ3) is 2.54. The van der Waals surface area contributed by atoms with Crippen molar-refractivity contribution in [2.24, 2.45) is 7.05 Å². The van der Waals surface area contributed by atoms with Gasteiger partial charge in [0.2, 0.25) is 5.88 Å². The molecule has 8 heteroatoms. The second kappa shape index (κ2) is 4.56. The molecular weight excluding hydrogens is 226 g/mol. The van der Waals surface area contributed by atoms with Crippen LogP contribution in [0, 0.1) is 0 Å². The van der Waals surface area contributed by atoms with Crippen LogP contribution in [0.1, 0.15) is 10.5 Å². The van der Waals surface area contributed by atoms with E-state index < -0.39 is 5.97 Å². The standard InChI is InChI=1S/C9H9N5O3/c1-14-5-12-9(13-14)17-7-4-10-6(3-11-7)8(15)16-2/h3-5H,1-2H3. The largest absolute Gasteiger partial charge is 0.464 e. The molecule has 0 spiro atoms. The highest BCUT2D eigenvalue weighted by atomic mass is 16.5. The van der Waals surface area contributed by atoms with Gasteiger partial charge in [-0.2, -0.15) is 4.98 Å². The average Bonchev–Trinajstić information content (AvgIpc) is 2.75. The molecule has 2 aromatic heterocycles. The summed E-state index contributed by atoms with van der Waals surface area (Å²) in [4.78, 5) is 22.7. The van der Waals surface area contributed by atoms with E-state index in [1.54, 1.807) is 7.05 Å². The Morgan fingerprint density at radius 3 is 2.65 bits per heavy atom. The van der Waals surface area contributed by atoms with Crippen molar-refractivity contribution in [3.05, 3.63) is 24.4 Å². The summed E-state index contributed by atoms with van der Waals surface area (Å²) in [5.74, 6) is -0.358. The molecule has 0 atom stereocenters. The Morgan fingerprint density at radius 1 is 1.29 bits per heavy atom. The summed E-state index contributed by atoms with van der Waals surface area (Å²) in [6.45, 7) is 0. The fourth-order valence-electron chi connectivity index (χ4n) is 1.04. The number of carbonyl (C=O) groups excluding carboxylic acids is 1. The summed E-state index contributed by atoms with van der Waals surface area (Å²) in [6.07, 6.45) is 4.04. The first-order chi connectivity index (χ1) is 8.19. The van der Waals surface area contributed by atoms with Crippen LogP contribution in [-0.4, -0.2) is 37.8 Å². The lowest BCUT2D eigenvalue weighted by Crippen LogP contribution is -2.05. The molecule has 0 aliphatic rings. The third-order valence-electron chi connectivity index (χ3n) is 1.80. The molecule has 0 amide bonds. The first kappa shape index (κ1) is 11.0. The lowest BCUT2D eigenvalue weighted by atomic mass is 10.4. The molecule has 17 heavy (non-hydrogen) atoms. The van der Waals surface area contributed by atoms with Crippen LogP contribution >= 0.6 is 0 Å². The highest BCUT2D eigenvalue weighted by molar-refractivity contribution is 5.86. The zero-order chi connectivity index (χ0) is 12.3. The van der Waals surface area contributed by atoms with E-state index in [0.29, 0.717) is 0 Å². The molecule has 2 rings (SSSR count). The van der Waals surface area contributed by atoms with Crippen LogP contribution < -0.4 is 4.74 Å². The fraction of sp³-hybridized carbons (Fsp3) is 0.222. The Labute approximate surface area is 96.2 Å². The molecule has 0 saturated heterocycles. The van der Waals surface area contributed by atoms with E-state index in [0.717, 1.165) is 0 Å². The molecule has 0 aliphatic heterocycles. The highest BCUT2D eigenvalue weighted by Crippen LogP contribution is 2.12. The van der Waals surface area contributed by atoms with Gasteiger partial charge in [-0.25, -0.2) is 14.8 Å². The summed E-state index contributed by atoms with van der Waals surface area (Å²) in [6, 6.07) is 0.160. The number of aryl methyl sites for hydroxylation is 1. The lowest BCUT2D eigenvalue weighted by Gasteiger charge is -2.00. The van der Waals surface area contributed by atoms with E-state index in [-0.39, 0.29) is 17.6 Å². The van der Waals surface area contributed by atoms with E-state index in [4.69, 9.17) is 4.74 Å². The molecule has 0 bridgehead atoms. The number of aromatic nitrogens is 5. The number of hydrogen-bond acceptors (Lipinski definition) is 7. The molecule has 0 fully saturated rings. The molecule has 0 radical (unpaired) electrons. The second-order valence-corrected chi connectivity index (χ2v) is 3.03. The number of nitrogens with zero attached hydrogens (tertiary/aromatic N) is 5. The predicted octanol–water partition coefficient (Wildman–Crippen LogP) is 0.184. The average molecular weight is 235 g/mol. The van der Waals surface area contributed by atoms with Crippen molar-refractivity contribution in [1.29, 1.82) is 0 Å². The molecule has 2 aromatic rings. The molecule has 0 aromatic carbocycles.